The average Bonchev–Trinajstić information content (AvgIpc) is 2.37. The van der Waals surface area contributed by atoms with E-state index < -0.39 is 23.8 Å². The van der Waals surface area contributed by atoms with Gasteiger partial charge < -0.3 is 4.74 Å². The van der Waals surface area contributed by atoms with Gasteiger partial charge in [0.15, 0.2) is 0 Å². The lowest BCUT2D eigenvalue weighted by molar-refractivity contribution is -0.172. The standard InChI is InChI=1S/C14H15F3O2S/c1-13(8-12(18)14(15,16)17)5-6-19-11-4-3-9(20-2)7-10(11)13/h3-4,7H,5-6,8H2,1-2H3. The fourth-order valence-corrected chi connectivity index (χ4v) is 2.83. The minimum atomic E-state index is -4.78. The van der Waals surface area contributed by atoms with Crippen molar-refractivity contribution >= 4 is 17.5 Å². The number of halogens is 3. The van der Waals surface area contributed by atoms with E-state index in [0.29, 0.717) is 24.3 Å². The van der Waals surface area contributed by atoms with Crippen LogP contribution in [0.15, 0.2) is 23.1 Å². The molecule has 0 aromatic heterocycles. The van der Waals surface area contributed by atoms with Gasteiger partial charge in [-0.3, -0.25) is 4.79 Å². The molecule has 0 saturated carbocycles. The largest absolute Gasteiger partial charge is 0.493 e. The summed E-state index contributed by atoms with van der Waals surface area (Å²) in [5.74, 6) is -1.10. The maximum absolute atomic E-state index is 12.5. The quantitative estimate of drug-likeness (QED) is 0.790. The predicted molar refractivity (Wildman–Crippen MR) is 71.4 cm³/mol. The van der Waals surface area contributed by atoms with Crippen LogP contribution in [0.25, 0.3) is 0 Å². The molecular formula is C14H15F3O2S. The maximum Gasteiger partial charge on any atom is 0.450 e. The molecule has 0 saturated heterocycles. The van der Waals surface area contributed by atoms with Gasteiger partial charge >= 0.3 is 6.18 Å². The molecule has 1 unspecified atom stereocenters. The fourth-order valence-electron chi connectivity index (χ4n) is 2.39. The lowest BCUT2D eigenvalue weighted by Crippen LogP contribution is -2.36. The molecule has 0 radical (unpaired) electrons. The van der Waals surface area contributed by atoms with Gasteiger partial charge in [-0.25, -0.2) is 0 Å². The first-order valence-corrected chi connectivity index (χ1v) is 7.40. The highest BCUT2D eigenvalue weighted by Crippen LogP contribution is 2.43. The van der Waals surface area contributed by atoms with Gasteiger partial charge in [0.2, 0.25) is 5.78 Å². The molecule has 110 valence electrons. The summed E-state index contributed by atoms with van der Waals surface area (Å²) in [6.45, 7) is 2.02. The van der Waals surface area contributed by atoms with Gasteiger partial charge in [0.1, 0.15) is 5.75 Å². The number of fused-ring (bicyclic) bond motifs is 1. The topological polar surface area (TPSA) is 26.3 Å². The zero-order valence-electron chi connectivity index (χ0n) is 11.2. The highest BCUT2D eigenvalue weighted by molar-refractivity contribution is 7.98. The summed E-state index contributed by atoms with van der Waals surface area (Å²) in [5.41, 5.74) is -0.139. The Kier molecular flexibility index (Phi) is 4.04. The number of thioether (sulfide) groups is 1. The van der Waals surface area contributed by atoms with Crippen LogP contribution < -0.4 is 4.74 Å². The third-order valence-electron chi connectivity index (χ3n) is 3.62. The molecule has 20 heavy (non-hydrogen) atoms. The molecule has 6 heteroatoms. The maximum atomic E-state index is 12.5. The zero-order chi connectivity index (χ0) is 15.0. The molecule has 1 atom stereocenters. The van der Waals surface area contributed by atoms with Crippen molar-refractivity contribution in [1.82, 2.24) is 0 Å². The van der Waals surface area contributed by atoms with Crippen molar-refractivity contribution < 1.29 is 22.7 Å². The van der Waals surface area contributed by atoms with Gasteiger partial charge in [0, 0.05) is 22.3 Å². The van der Waals surface area contributed by atoms with Crippen molar-refractivity contribution in [3.8, 4) is 5.75 Å². The summed E-state index contributed by atoms with van der Waals surface area (Å²) in [7, 11) is 0. The molecule has 0 amide bonds. The van der Waals surface area contributed by atoms with Crippen LogP contribution in [0, 0.1) is 0 Å². The SMILES string of the molecule is CSc1ccc2c(c1)C(C)(CC(=O)C(F)(F)F)CCO2. The molecular weight excluding hydrogens is 289 g/mol. The first-order valence-electron chi connectivity index (χ1n) is 6.17. The normalized spacial score (nSPS) is 22.1. The Morgan fingerprint density at radius 1 is 1.45 bits per heavy atom. The van der Waals surface area contributed by atoms with E-state index in [1.54, 1.807) is 13.0 Å². The van der Waals surface area contributed by atoms with E-state index in [4.69, 9.17) is 4.74 Å². The second-order valence-electron chi connectivity index (χ2n) is 5.12. The number of carbonyl (C=O) groups excluding carboxylic acids is 1. The Balaban J connectivity index is 2.37. The third kappa shape index (κ3) is 2.95. The van der Waals surface area contributed by atoms with Gasteiger partial charge in [-0.2, -0.15) is 13.2 Å². The molecule has 1 aromatic rings. The molecule has 0 spiro atoms. The highest BCUT2D eigenvalue weighted by Gasteiger charge is 2.44. The van der Waals surface area contributed by atoms with Crippen molar-refractivity contribution in [1.29, 1.82) is 0 Å². The van der Waals surface area contributed by atoms with Crippen molar-refractivity contribution in [2.45, 2.75) is 36.3 Å². The minimum Gasteiger partial charge on any atom is -0.493 e. The Bertz CT molecular complexity index is 528. The van der Waals surface area contributed by atoms with Gasteiger partial charge in [0.05, 0.1) is 6.61 Å². The summed E-state index contributed by atoms with van der Waals surface area (Å²) in [6, 6.07) is 5.44. The molecule has 1 aliphatic rings. The molecule has 0 N–H and O–H groups in total. The average molecular weight is 304 g/mol. The number of hydrogen-bond donors (Lipinski definition) is 0. The van der Waals surface area contributed by atoms with Crippen molar-refractivity contribution in [3.63, 3.8) is 0 Å². The lowest BCUT2D eigenvalue weighted by atomic mass is 9.74. The number of carbonyl (C=O) groups is 1. The van der Waals surface area contributed by atoms with Crippen molar-refractivity contribution in [2.24, 2.45) is 0 Å². The smallest absolute Gasteiger partial charge is 0.450 e. The van der Waals surface area contributed by atoms with Crippen LogP contribution in [0.2, 0.25) is 0 Å². The number of benzene rings is 1. The summed E-state index contributed by atoms with van der Waals surface area (Å²) in [5, 5.41) is 0. The molecule has 1 heterocycles. The van der Waals surface area contributed by atoms with Crippen LogP contribution in [0.1, 0.15) is 25.3 Å². The minimum absolute atomic E-state index is 0.327. The molecule has 2 rings (SSSR count). The second kappa shape index (κ2) is 5.31. The van der Waals surface area contributed by atoms with Crippen LogP contribution in [0.4, 0.5) is 13.2 Å². The third-order valence-corrected chi connectivity index (χ3v) is 4.34. The van der Waals surface area contributed by atoms with Crippen molar-refractivity contribution in [3.05, 3.63) is 23.8 Å². The fraction of sp³-hybridized carbons (Fsp3) is 0.500. The summed E-state index contributed by atoms with van der Waals surface area (Å²) in [6.07, 6.45) is -3.02. The van der Waals surface area contributed by atoms with Crippen LogP contribution in [0.5, 0.6) is 5.75 Å². The molecule has 0 fully saturated rings. The van der Waals surface area contributed by atoms with Gasteiger partial charge in [-0.05, 0) is 30.9 Å². The Morgan fingerprint density at radius 3 is 2.75 bits per heavy atom. The van der Waals surface area contributed by atoms with Crippen molar-refractivity contribution in [2.75, 3.05) is 12.9 Å². The molecule has 2 nitrogen and oxygen atoms in total. The van der Waals surface area contributed by atoms with E-state index in [2.05, 4.69) is 0 Å². The van der Waals surface area contributed by atoms with Gasteiger partial charge in [0.25, 0.3) is 0 Å². The Labute approximate surface area is 119 Å². The van der Waals surface area contributed by atoms with E-state index >= 15 is 0 Å². The number of Topliss-reactive ketones (excluding diaryl/α,β-unsaturated/α-hetero) is 1. The summed E-state index contributed by atoms with van der Waals surface area (Å²) in [4.78, 5) is 12.3. The molecule has 0 bridgehead atoms. The summed E-state index contributed by atoms with van der Waals surface area (Å²) >= 11 is 1.50. The predicted octanol–water partition coefficient (Wildman–Crippen LogP) is 3.97. The highest BCUT2D eigenvalue weighted by atomic mass is 32.2. The van der Waals surface area contributed by atoms with E-state index in [1.165, 1.54) is 11.8 Å². The zero-order valence-corrected chi connectivity index (χ0v) is 12.0. The van der Waals surface area contributed by atoms with E-state index in [-0.39, 0.29) is 0 Å². The first kappa shape index (κ1) is 15.2. The van der Waals surface area contributed by atoms with Gasteiger partial charge in [-0.15, -0.1) is 11.8 Å². The first-order chi connectivity index (χ1) is 9.26. The molecule has 1 aliphatic heterocycles. The number of ketones is 1. The lowest BCUT2D eigenvalue weighted by Gasteiger charge is -2.35. The number of rotatable bonds is 3. The number of ether oxygens (including phenoxy) is 1. The monoisotopic (exact) mass is 304 g/mol. The second-order valence-corrected chi connectivity index (χ2v) is 6.00. The number of hydrogen-bond acceptors (Lipinski definition) is 3. The van der Waals surface area contributed by atoms with E-state index in [1.807, 2.05) is 18.4 Å². The van der Waals surface area contributed by atoms with Crippen LogP contribution in [-0.4, -0.2) is 24.8 Å². The van der Waals surface area contributed by atoms with Crippen LogP contribution in [0.3, 0.4) is 0 Å². The van der Waals surface area contributed by atoms with Gasteiger partial charge in [-0.1, -0.05) is 6.92 Å². The number of alkyl halides is 3. The Morgan fingerprint density at radius 2 is 2.15 bits per heavy atom. The van der Waals surface area contributed by atoms with Crippen LogP contribution in [-0.2, 0) is 10.2 Å². The van der Waals surface area contributed by atoms with E-state index in [0.717, 1.165) is 4.90 Å². The summed E-state index contributed by atoms with van der Waals surface area (Å²) < 4.78 is 43.0. The molecule has 0 aliphatic carbocycles. The molecule has 1 aromatic carbocycles. The van der Waals surface area contributed by atoms with E-state index in [9.17, 15) is 18.0 Å². The van der Waals surface area contributed by atoms with Crippen LogP contribution >= 0.6 is 11.8 Å². The Hall–Kier alpha value is -1.17.